The van der Waals surface area contributed by atoms with Crippen LogP contribution in [0.3, 0.4) is 0 Å². The SMILES string of the molecule is Nc1cc(Br)cc(C(=O)Nc2nc3c(s2)CCC3)c1. The Morgan fingerprint density at radius 1 is 1.37 bits per heavy atom. The zero-order chi connectivity index (χ0) is 13.4. The van der Waals surface area contributed by atoms with Crippen LogP contribution < -0.4 is 11.1 Å². The molecule has 1 aromatic heterocycles. The van der Waals surface area contributed by atoms with Crippen LogP contribution in [0, 0.1) is 0 Å². The van der Waals surface area contributed by atoms with Crippen LogP contribution in [0.1, 0.15) is 27.3 Å². The summed E-state index contributed by atoms with van der Waals surface area (Å²) in [6, 6.07) is 5.16. The first-order valence-corrected chi connectivity index (χ1v) is 7.59. The summed E-state index contributed by atoms with van der Waals surface area (Å²) in [6.45, 7) is 0. The van der Waals surface area contributed by atoms with E-state index in [1.165, 1.54) is 11.3 Å². The van der Waals surface area contributed by atoms with Gasteiger partial charge in [-0.05, 0) is 37.5 Å². The van der Waals surface area contributed by atoms with Gasteiger partial charge in [0.15, 0.2) is 5.13 Å². The van der Waals surface area contributed by atoms with Gasteiger partial charge in [-0.3, -0.25) is 10.1 Å². The summed E-state index contributed by atoms with van der Waals surface area (Å²) in [4.78, 5) is 17.9. The minimum Gasteiger partial charge on any atom is -0.399 e. The minimum atomic E-state index is -0.180. The number of nitrogens with zero attached hydrogens (tertiary/aromatic N) is 1. The summed E-state index contributed by atoms with van der Waals surface area (Å²) >= 11 is 4.90. The van der Waals surface area contributed by atoms with E-state index in [1.807, 2.05) is 0 Å². The largest absolute Gasteiger partial charge is 0.399 e. The molecule has 1 aliphatic carbocycles. The molecule has 1 aromatic carbocycles. The summed E-state index contributed by atoms with van der Waals surface area (Å²) < 4.78 is 0.791. The second kappa shape index (κ2) is 4.94. The molecule has 0 unspecified atom stereocenters. The number of fused-ring (bicyclic) bond motifs is 1. The average Bonchev–Trinajstić information content (AvgIpc) is 2.88. The Bertz CT molecular complexity index is 612. The van der Waals surface area contributed by atoms with Gasteiger partial charge in [0.2, 0.25) is 0 Å². The quantitative estimate of drug-likeness (QED) is 0.826. The van der Waals surface area contributed by atoms with Crippen LogP contribution in [0.25, 0.3) is 0 Å². The topological polar surface area (TPSA) is 68.0 Å². The van der Waals surface area contributed by atoms with Crippen LogP contribution in [-0.4, -0.2) is 10.9 Å². The van der Waals surface area contributed by atoms with E-state index in [4.69, 9.17) is 5.73 Å². The Morgan fingerprint density at radius 2 is 2.21 bits per heavy atom. The van der Waals surface area contributed by atoms with Crippen molar-refractivity contribution in [3.8, 4) is 0 Å². The molecule has 0 saturated carbocycles. The lowest BCUT2D eigenvalue weighted by molar-refractivity contribution is 0.102. The Labute approximate surface area is 123 Å². The fourth-order valence-electron chi connectivity index (χ4n) is 2.16. The normalized spacial score (nSPS) is 13.3. The van der Waals surface area contributed by atoms with Crippen molar-refractivity contribution in [2.24, 2.45) is 0 Å². The molecular weight excluding hydrogens is 326 g/mol. The summed E-state index contributed by atoms with van der Waals surface area (Å²) in [7, 11) is 0. The lowest BCUT2D eigenvalue weighted by Crippen LogP contribution is -2.12. The predicted octanol–water partition coefficient (Wildman–Crippen LogP) is 3.23. The zero-order valence-electron chi connectivity index (χ0n) is 10.1. The van der Waals surface area contributed by atoms with Gasteiger partial charge in [-0.1, -0.05) is 15.9 Å². The van der Waals surface area contributed by atoms with E-state index < -0.39 is 0 Å². The third kappa shape index (κ3) is 2.64. The smallest absolute Gasteiger partial charge is 0.257 e. The molecule has 0 saturated heterocycles. The van der Waals surface area contributed by atoms with E-state index in [0.29, 0.717) is 16.4 Å². The molecule has 0 radical (unpaired) electrons. The Balaban J connectivity index is 1.80. The number of carbonyl (C=O) groups excluding carboxylic acids is 1. The molecule has 0 atom stereocenters. The fraction of sp³-hybridized carbons (Fsp3) is 0.231. The number of anilines is 2. The molecule has 0 aliphatic heterocycles. The van der Waals surface area contributed by atoms with Crippen molar-refractivity contribution in [2.75, 3.05) is 11.1 Å². The maximum atomic E-state index is 12.1. The van der Waals surface area contributed by atoms with Crippen LogP contribution in [0.15, 0.2) is 22.7 Å². The number of hydrogen-bond donors (Lipinski definition) is 2. The number of aryl methyl sites for hydroxylation is 2. The van der Waals surface area contributed by atoms with Crippen molar-refractivity contribution < 1.29 is 4.79 Å². The summed E-state index contributed by atoms with van der Waals surface area (Å²) in [5.41, 5.74) is 7.95. The van der Waals surface area contributed by atoms with Crippen molar-refractivity contribution in [3.63, 3.8) is 0 Å². The summed E-state index contributed by atoms with van der Waals surface area (Å²) in [5.74, 6) is -0.180. The minimum absolute atomic E-state index is 0.180. The molecule has 3 rings (SSSR count). The van der Waals surface area contributed by atoms with Crippen LogP contribution in [0.5, 0.6) is 0 Å². The zero-order valence-corrected chi connectivity index (χ0v) is 12.5. The van der Waals surface area contributed by atoms with Gasteiger partial charge < -0.3 is 5.73 Å². The van der Waals surface area contributed by atoms with E-state index >= 15 is 0 Å². The van der Waals surface area contributed by atoms with E-state index in [-0.39, 0.29) is 5.91 Å². The molecule has 2 aromatic rings. The van der Waals surface area contributed by atoms with Gasteiger partial charge in [-0.15, -0.1) is 11.3 Å². The van der Waals surface area contributed by atoms with Gasteiger partial charge in [-0.2, -0.15) is 0 Å². The molecule has 0 bridgehead atoms. The second-order valence-electron chi connectivity index (χ2n) is 4.47. The Hall–Kier alpha value is -1.40. The molecule has 0 fully saturated rings. The van der Waals surface area contributed by atoms with Crippen LogP contribution >= 0.6 is 27.3 Å². The van der Waals surface area contributed by atoms with Crippen LogP contribution in [0.4, 0.5) is 10.8 Å². The van der Waals surface area contributed by atoms with Gasteiger partial charge in [0.05, 0.1) is 5.69 Å². The molecule has 98 valence electrons. The number of benzene rings is 1. The average molecular weight is 338 g/mol. The number of hydrogen-bond acceptors (Lipinski definition) is 4. The molecule has 1 heterocycles. The fourth-order valence-corrected chi connectivity index (χ4v) is 3.71. The van der Waals surface area contributed by atoms with Crippen LogP contribution in [-0.2, 0) is 12.8 Å². The first-order valence-electron chi connectivity index (χ1n) is 5.98. The lowest BCUT2D eigenvalue weighted by atomic mass is 10.2. The Morgan fingerprint density at radius 3 is 2.95 bits per heavy atom. The van der Waals surface area contributed by atoms with Crippen LogP contribution in [0.2, 0.25) is 0 Å². The monoisotopic (exact) mass is 337 g/mol. The van der Waals surface area contributed by atoms with Gasteiger partial charge in [-0.25, -0.2) is 4.98 Å². The first-order chi connectivity index (χ1) is 9.11. The highest BCUT2D eigenvalue weighted by Crippen LogP contribution is 2.30. The number of nitrogen functional groups attached to an aromatic ring is 1. The molecular formula is C13H12BrN3OS. The van der Waals surface area contributed by atoms with Gasteiger partial charge in [0.1, 0.15) is 0 Å². The number of aromatic nitrogens is 1. The third-order valence-corrected chi connectivity index (χ3v) is 4.53. The van der Waals surface area contributed by atoms with E-state index in [1.54, 1.807) is 29.5 Å². The number of amides is 1. The van der Waals surface area contributed by atoms with E-state index in [0.717, 1.165) is 23.0 Å². The Kier molecular flexibility index (Phi) is 3.28. The molecule has 3 N–H and O–H groups in total. The standard InChI is InChI=1S/C13H12BrN3OS/c14-8-4-7(5-9(15)6-8)12(18)17-13-16-10-2-1-3-11(10)19-13/h4-6H,1-3,15H2,(H,16,17,18). The van der Waals surface area contributed by atoms with Crippen molar-refractivity contribution in [3.05, 3.63) is 38.8 Å². The number of halogens is 1. The maximum Gasteiger partial charge on any atom is 0.257 e. The molecule has 4 nitrogen and oxygen atoms in total. The second-order valence-corrected chi connectivity index (χ2v) is 6.47. The predicted molar refractivity (Wildman–Crippen MR) is 80.6 cm³/mol. The highest BCUT2D eigenvalue weighted by atomic mass is 79.9. The number of nitrogens with one attached hydrogen (secondary N) is 1. The van der Waals surface area contributed by atoms with Crippen molar-refractivity contribution in [1.82, 2.24) is 4.98 Å². The summed E-state index contributed by atoms with van der Waals surface area (Å²) in [5, 5.41) is 3.51. The molecule has 1 aliphatic rings. The van der Waals surface area contributed by atoms with E-state index in [9.17, 15) is 4.79 Å². The molecule has 0 spiro atoms. The van der Waals surface area contributed by atoms with Gasteiger partial charge in [0.25, 0.3) is 5.91 Å². The highest BCUT2D eigenvalue weighted by Gasteiger charge is 2.18. The number of nitrogens with two attached hydrogens (primary N) is 1. The number of rotatable bonds is 2. The number of carbonyl (C=O) groups is 1. The lowest BCUT2D eigenvalue weighted by Gasteiger charge is -2.04. The molecule has 6 heteroatoms. The number of thiazole rings is 1. The third-order valence-electron chi connectivity index (χ3n) is 3.00. The maximum absolute atomic E-state index is 12.1. The van der Waals surface area contributed by atoms with Crippen molar-refractivity contribution >= 4 is 44.0 Å². The van der Waals surface area contributed by atoms with Gasteiger partial charge in [0, 0.05) is 20.6 Å². The summed E-state index contributed by atoms with van der Waals surface area (Å²) in [6.07, 6.45) is 3.27. The van der Waals surface area contributed by atoms with Crippen molar-refractivity contribution in [2.45, 2.75) is 19.3 Å². The first kappa shape index (κ1) is 12.6. The molecule has 1 amide bonds. The van der Waals surface area contributed by atoms with E-state index in [2.05, 4.69) is 26.2 Å². The highest BCUT2D eigenvalue weighted by molar-refractivity contribution is 9.10. The van der Waals surface area contributed by atoms with Gasteiger partial charge >= 0.3 is 0 Å². The molecule has 19 heavy (non-hydrogen) atoms. The van der Waals surface area contributed by atoms with Crippen molar-refractivity contribution in [1.29, 1.82) is 0 Å².